The van der Waals surface area contributed by atoms with Crippen LogP contribution >= 0.6 is 0 Å². The van der Waals surface area contributed by atoms with Crippen LogP contribution in [0.4, 0.5) is 5.82 Å². The Morgan fingerprint density at radius 3 is 3.00 bits per heavy atom. The van der Waals surface area contributed by atoms with Gasteiger partial charge in [-0.2, -0.15) is 0 Å². The van der Waals surface area contributed by atoms with Gasteiger partial charge in [-0.3, -0.25) is 0 Å². The molecule has 0 spiro atoms. The molecule has 0 atom stereocenters. The van der Waals surface area contributed by atoms with Crippen LogP contribution in [-0.4, -0.2) is 35.8 Å². The molecular weight excluding hydrogens is 220 g/mol. The summed E-state index contributed by atoms with van der Waals surface area (Å²) in [6.07, 6.45) is 1.47. The Bertz CT molecular complexity index is 367. The highest BCUT2D eigenvalue weighted by Crippen LogP contribution is 2.06. The molecule has 1 heterocycles. The van der Waals surface area contributed by atoms with E-state index >= 15 is 0 Å². The Morgan fingerprint density at radius 2 is 2.35 bits per heavy atom. The molecule has 17 heavy (non-hydrogen) atoms. The summed E-state index contributed by atoms with van der Waals surface area (Å²) >= 11 is 0. The lowest BCUT2D eigenvalue weighted by Crippen LogP contribution is -2.13. The number of hydrogen-bond acceptors (Lipinski definition) is 4. The first-order valence-corrected chi connectivity index (χ1v) is 5.60. The maximum Gasteiger partial charge on any atom is 0.335 e. The van der Waals surface area contributed by atoms with Gasteiger partial charge in [-0.1, -0.05) is 13.8 Å². The smallest absolute Gasteiger partial charge is 0.335 e. The van der Waals surface area contributed by atoms with Crippen LogP contribution in [0, 0.1) is 5.92 Å². The third-order valence-corrected chi connectivity index (χ3v) is 2.01. The number of carboxylic acids is 1. The van der Waals surface area contributed by atoms with Crippen LogP contribution in [0.3, 0.4) is 0 Å². The fraction of sp³-hybridized carbons (Fsp3) is 0.500. The van der Waals surface area contributed by atoms with Crippen LogP contribution < -0.4 is 5.32 Å². The number of rotatable bonds is 7. The zero-order valence-electron chi connectivity index (χ0n) is 10.1. The van der Waals surface area contributed by atoms with Crippen molar-refractivity contribution < 1.29 is 14.6 Å². The number of ether oxygens (including phenoxy) is 1. The van der Waals surface area contributed by atoms with Crippen molar-refractivity contribution in [3.05, 3.63) is 23.9 Å². The Morgan fingerprint density at radius 1 is 1.59 bits per heavy atom. The van der Waals surface area contributed by atoms with Gasteiger partial charge in [-0.15, -0.1) is 0 Å². The fourth-order valence-corrected chi connectivity index (χ4v) is 1.23. The molecule has 94 valence electrons. The Balaban J connectivity index is 2.31. The summed E-state index contributed by atoms with van der Waals surface area (Å²) in [5, 5.41) is 11.8. The van der Waals surface area contributed by atoms with E-state index in [-0.39, 0.29) is 5.56 Å². The van der Waals surface area contributed by atoms with E-state index < -0.39 is 5.97 Å². The van der Waals surface area contributed by atoms with Crippen LogP contribution in [0.1, 0.15) is 24.2 Å². The molecule has 0 saturated carbocycles. The van der Waals surface area contributed by atoms with E-state index in [1.165, 1.54) is 18.3 Å². The zero-order chi connectivity index (χ0) is 12.7. The highest BCUT2D eigenvalue weighted by Gasteiger charge is 2.03. The molecule has 0 aromatic carbocycles. The van der Waals surface area contributed by atoms with Crippen molar-refractivity contribution in [1.82, 2.24) is 4.98 Å². The van der Waals surface area contributed by atoms with Gasteiger partial charge >= 0.3 is 5.97 Å². The summed E-state index contributed by atoms with van der Waals surface area (Å²) in [7, 11) is 0. The highest BCUT2D eigenvalue weighted by molar-refractivity contribution is 5.88. The van der Waals surface area contributed by atoms with Crippen molar-refractivity contribution in [2.24, 2.45) is 5.92 Å². The van der Waals surface area contributed by atoms with E-state index in [1.807, 2.05) is 0 Å². The van der Waals surface area contributed by atoms with Gasteiger partial charge in [0.15, 0.2) is 0 Å². The highest BCUT2D eigenvalue weighted by atomic mass is 16.5. The molecule has 0 aliphatic heterocycles. The Kier molecular flexibility index (Phi) is 5.42. The van der Waals surface area contributed by atoms with E-state index in [4.69, 9.17) is 9.84 Å². The molecule has 0 amide bonds. The average Bonchev–Trinajstić information content (AvgIpc) is 2.28. The van der Waals surface area contributed by atoms with Gasteiger partial charge in [0, 0.05) is 19.3 Å². The molecule has 1 aromatic rings. The first-order chi connectivity index (χ1) is 8.09. The van der Waals surface area contributed by atoms with Crippen molar-refractivity contribution in [1.29, 1.82) is 0 Å². The molecule has 0 unspecified atom stereocenters. The largest absolute Gasteiger partial charge is 0.478 e. The van der Waals surface area contributed by atoms with Crippen molar-refractivity contribution in [3.63, 3.8) is 0 Å². The lowest BCUT2D eigenvalue weighted by molar-refractivity contribution is 0.0697. The van der Waals surface area contributed by atoms with E-state index in [2.05, 4.69) is 24.1 Å². The predicted octanol–water partition coefficient (Wildman–Crippen LogP) is 1.86. The summed E-state index contributed by atoms with van der Waals surface area (Å²) in [6.45, 7) is 6.10. The molecule has 0 bridgehead atoms. The number of carboxylic acid groups (broad SMARTS) is 1. The molecule has 0 radical (unpaired) electrons. The van der Waals surface area contributed by atoms with Crippen molar-refractivity contribution in [2.75, 3.05) is 25.1 Å². The molecule has 1 rings (SSSR count). The standard InChI is InChI=1S/C12H18N2O3/c1-9(2)8-17-6-5-14-11-7-10(12(15)16)3-4-13-11/h3-4,7,9H,5-6,8H2,1-2H3,(H,13,14)(H,15,16). The molecular formula is C12H18N2O3. The van der Waals surface area contributed by atoms with Crippen LogP contribution in [0.25, 0.3) is 0 Å². The zero-order valence-corrected chi connectivity index (χ0v) is 10.1. The Hall–Kier alpha value is -1.62. The molecule has 5 nitrogen and oxygen atoms in total. The average molecular weight is 238 g/mol. The van der Waals surface area contributed by atoms with Gasteiger partial charge < -0.3 is 15.2 Å². The topological polar surface area (TPSA) is 71.5 Å². The fourth-order valence-electron chi connectivity index (χ4n) is 1.23. The number of nitrogens with one attached hydrogen (secondary N) is 1. The van der Waals surface area contributed by atoms with E-state index in [0.29, 0.717) is 24.9 Å². The minimum Gasteiger partial charge on any atom is -0.478 e. The molecule has 0 aliphatic rings. The van der Waals surface area contributed by atoms with Crippen molar-refractivity contribution in [3.8, 4) is 0 Å². The second-order valence-corrected chi connectivity index (χ2v) is 4.13. The SMILES string of the molecule is CC(C)COCCNc1cc(C(=O)O)ccn1. The van der Waals surface area contributed by atoms with Crippen molar-refractivity contribution in [2.45, 2.75) is 13.8 Å². The minimum atomic E-state index is -0.952. The van der Waals surface area contributed by atoms with Gasteiger partial charge in [-0.25, -0.2) is 9.78 Å². The van der Waals surface area contributed by atoms with E-state index in [9.17, 15) is 4.79 Å². The summed E-state index contributed by atoms with van der Waals surface area (Å²) in [6, 6.07) is 2.97. The van der Waals surface area contributed by atoms with Crippen molar-refractivity contribution >= 4 is 11.8 Å². The molecule has 2 N–H and O–H groups in total. The summed E-state index contributed by atoms with van der Waals surface area (Å²) < 4.78 is 5.39. The molecule has 0 saturated heterocycles. The number of carbonyl (C=O) groups is 1. The van der Waals surface area contributed by atoms with Crippen LogP contribution in [0.5, 0.6) is 0 Å². The normalized spacial score (nSPS) is 10.5. The second-order valence-electron chi connectivity index (χ2n) is 4.13. The van der Waals surface area contributed by atoms with Gasteiger partial charge in [-0.05, 0) is 18.1 Å². The van der Waals surface area contributed by atoms with Crippen LogP contribution in [0.15, 0.2) is 18.3 Å². The van der Waals surface area contributed by atoms with Gasteiger partial charge in [0.05, 0.1) is 12.2 Å². The molecule has 1 aromatic heterocycles. The number of nitrogens with zero attached hydrogens (tertiary/aromatic N) is 1. The quantitative estimate of drug-likeness (QED) is 0.709. The van der Waals surface area contributed by atoms with Gasteiger partial charge in [0.1, 0.15) is 5.82 Å². The lowest BCUT2D eigenvalue weighted by Gasteiger charge is -2.08. The number of aromatic nitrogens is 1. The van der Waals surface area contributed by atoms with Gasteiger partial charge in [0.2, 0.25) is 0 Å². The molecule has 0 fully saturated rings. The van der Waals surface area contributed by atoms with E-state index in [1.54, 1.807) is 0 Å². The number of hydrogen-bond donors (Lipinski definition) is 2. The third kappa shape index (κ3) is 5.31. The Labute approximate surface area is 101 Å². The third-order valence-electron chi connectivity index (χ3n) is 2.01. The summed E-state index contributed by atoms with van der Waals surface area (Å²) in [4.78, 5) is 14.7. The van der Waals surface area contributed by atoms with Gasteiger partial charge in [0.25, 0.3) is 0 Å². The first kappa shape index (κ1) is 13.4. The van der Waals surface area contributed by atoms with E-state index in [0.717, 1.165) is 6.61 Å². The minimum absolute atomic E-state index is 0.227. The maximum atomic E-state index is 10.7. The number of aromatic carboxylic acids is 1. The number of pyridine rings is 1. The lowest BCUT2D eigenvalue weighted by atomic mass is 10.2. The summed E-state index contributed by atoms with van der Waals surface area (Å²) in [5.74, 6) is 0.119. The molecule has 5 heteroatoms. The first-order valence-electron chi connectivity index (χ1n) is 5.60. The second kappa shape index (κ2) is 6.85. The summed E-state index contributed by atoms with van der Waals surface area (Å²) in [5.41, 5.74) is 0.227. The van der Waals surface area contributed by atoms with Crippen LogP contribution in [-0.2, 0) is 4.74 Å². The van der Waals surface area contributed by atoms with Crippen LogP contribution in [0.2, 0.25) is 0 Å². The predicted molar refractivity (Wildman–Crippen MR) is 65.3 cm³/mol. The number of anilines is 1. The maximum absolute atomic E-state index is 10.7. The molecule has 0 aliphatic carbocycles. The monoisotopic (exact) mass is 238 g/mol.